The topological polar surface area (TPSA) is 38.3 Å². The van der Waals surface area contributed by atoms with E-state index in [9.17, 15) is 18.0 Å². The Bertz CT molecular complexity index is 379. The second-order valence-electron chi connectivity index (χ2n) is 3.76. The highest BCUT2D eigenvalue weighted by molar-refractivity contribution is 5.76. The van der Waals surface area contributed by atoms with Gasteiger partial charge in [0.1, 0.15) is 6.04 Å². The summed E-state index contributed by atoms with van der Waals surface area (Å²) in [5, 5.41) is 2.16. The lowest BCUT2D eigenvalue weighted by atomic mass is 10.1. The molecule has 0 unspecified atom stereocenters. The molecular weight excluding hydrogens is 247 g/mol. The summed E-state index contributed by atoms with van der Waals surface area (Å²) in [5.74, 6) is -0.705. The first-order valence-corrected chi connectivity index (χ1v) is 5.34. The number of hydrogen-bond acceptors (Lipinski definition) is 3. The minimum Gasteiger partial charge on any atom is -0.468 e. The van der Waals surface area contributed by atoms with E-state index in [2.05, 4.69) is 10.1 Å². The maximum atomic E-state index is 12.1. The van der Waals surface area contributed by atoms with Crippen LogP contribution in [0.2, 0.25) is 0 Å². The maximum absolute atomic E-state index is 12.1. The molecule has 1 aromatic rings. The normalized spacial score (nSPS) is 13.1. The van der Waals surface area contributed by atoms with E-state index in [4.69, 9.17) is 0 Å². The molecule has 100 valence electrons. The van der Waals surface area contributed by atoms with Gasteiger partial charge >= 0.3 is 12.1 Å². The fourth-order valence-corrected chi connectivity index (χ4v) is 1.47. The molecule has 0 spiro atoms. The molecule has 3 nitrogen and oxygen atoms in total. The highest BCUT2D eigenvalue weighted by Gasteiger charge is 2.30. The standard InChI is InChI=1S/C12H14F3NO2/c1-18-11(17)10(16-8-12(13,14)15)7-9-5-3-2-4-6-9/h2-6,10,16H,7-8H2,1H3/t10-/m0/s1. The molecule has 0 bridgehead atoms. The molecule has 0 aliphatic heterocycles. The minimum atomic E-state index is -4.36. The van der Waals surface area contributed by atoms with E-state index in [1.54, 1.807) is 30.3 Å². The van der Waals surface area contributed by atoms with E-state index in [1.165, 1.54) is 0 Å². The molecule has 18 heavy (non-hydrogen) atoms. The van der Waals surface area contributed by atoms with Gasteiger partial charge in [-0.3, -0.25) is 10.1 Å². The predicted molar refractivity (Wildman–Crippen MR) is 60.0 cm³/mol. The van der Waals surface area contributed by atoms with Crippen molar-refractivity contribution in [1.82, 2.24) is 5.32 Å². The molecular formula is C12H14F3NO2. The zero-order chi connectivity index (χ0) is 13.6. The summed E-state index contributed by atoms with van der Waals surface area (Å²) >= 11 is 0. The molecule has 1 N–H and O–H groups in total. The average molecular weight is 261 g/mol. The van der Waals surface area contributed by atoms with Crippen LogP contribution < -0.4 is 5.32 Å². The molecule has 0 aliphatic carbocycles. The van der Waals surface area contributed by atoms with E-state index in [1.807, 2.05) is 0 Å². The van der Waals surface area contributed by atoms with Crippen LogP contribution in [0.5, 0.6) is 0 Å². The largest absolute Gasteiger partial charge is 0.468 e. The molecule has 0 heterocycles. The molecule has 1 atom stereocenters. The van der Waals surface area contributed by atoms with Crippen LogP contribution in [0.4, 0.5) is 13.2 Å². The lowest BCUT2D eigenvalue weighted by Crippen LogP contribution is -2.44. The van der Waals surface area contributed by atoms with E-state index < -0.39 is 24.7 Å². The number of esters is 1. The predicted octanol–water partition coefficient (Wildman–Crippen LogP) is 1.92. The van der Waals surface area contributed by atoms with Crippen LogP contribution in [-0.2, 0) is 16.0 Å². The number of carbonyl (C=O) groups is 1. The monoisotopic (exact) mass is 261 g/mol. The van der Waals surface area contributed by atoms with Crippen LogP contribution in [0.15, 0.2) is 30.3 Å². The number of carbonyl (C=O) groups excluding carboxylic acids is 1. The van der Waals surface area contributed by atoms with Gasteiger partial charge in [-0.05, 0) is 12.0 Å². The van der Waals surface area contributed by atoms with E-state index in [-0.39, 0.29) is 6.42 Å². The number of ether oxygens (including phenoxy) is 1. The Morgan fingerprint density at radius 2 is 1.94 bits per heavy atom. The van der Waals surface area contributed by atoms with Crippen molar-refractivity contribution in [2.45, 2.75) is 18.6 Å². The summed E-state index contributed by atoms with van der Waals surface area (Å²) in [4.78, 5) is 11.4. The van der Waals surface area contributed by atoms with E-state index >= 15 is 0 Å². The molecule has 0 amide bonds. The third-order valence-corrected chi connectivity index (χ3v) is 2.32. The number of rotatable bonds is 5. The third-order valence-electron chi connectivity index (χ3n) is 2.32. The highest BCUT2D eigenvalue weighted by atomic mass is 19.4. The molecule has 1 aromatic carbocycles. The summed E-state index contributed by atoms with van der Waals surface area (Å²) < 4.78 is 40.8. The second-order valence-corrected chi connectivity index (χ2v) is 3.76. The molecule has 0 fully saturated rings. The van der Waals surface area contributed by atoms with Crippen LogP contribution in [0, 0.1) is 0 Å². The molecule has 0 radical (unpaired) electrons. The quantitative estimate of drug-likeness (QED) is 0.823. The van der Waals surface area contributed by atoms with Crippen molar-refractivity contribution >= 4 is 5.97 Å². The number of alkyl halides is 3. The fourth-order valence-electron chi connectivity index (χ4n) is 1.47. The molecule has 0 saturated carbocycles. The van der Waals surface area contributed by atoms with Crippen molar-refractivity contribution in [3.05, 3.63) is 35.9 Å². The van der Waals surface area contributed by atoms with Gasteiger partial charge < -0.3 is 4.74 Å². The lowest BCUT2D eigenvalue weighted by molar-refractivity contribution is -0.146. The number of nitrogens with one attached hydrogen (secondary N) is 1. The first-order valence-electron chi connectivity index (χ1n) is 5.34. The molecule has 0 saturated heterocycles. The lowest BCUT2D eigenvalue weighted by Gasteiger charge is -2.17. The van der Waals surface area contributed by atoms with Gasteiger partial charge in [-0.25, -0.2) is 0 Å². The van der Waals surface area contributed by atoms with Crippen molar-refractivity contribution in [1.29, 1.82) is 0 Å². The van der Waals surface area contributed by atoms with Gasteiger partial charge in [0.2, 0.25) is 0 Å². The molecule has 6 heteroatoms. The Balaban J connectivity index is 2.65. The Hall–Kier alpha value is -1.56. The van der Waals surface area contributed by atoms with Crippen molar-refractivity contribution in [3.63, 3.8) is 0 Å². The summed E-state index contributed by atoms with van der Waals surface area (Å²) in [5.41, 5.74) is 0.766. The zero-order valence-electron chi connectivity index (χ0n) is 9.83. The van der Waals surface area contributed by atoms with Crippen LogP contribution in [0.25, 0.3) is 0 Å². The summed E-state index contributed by atoms with van der Waals surface area (Å²) in [6.07, 6.45) is -4.20. The first kappa shape index (κ1) is 14.5. The van der Waals surface area contributed by atoms with Gasteiger partial charge in [0.05, 0.1) is 13.7 Å². The highest BCUT2D eigenvalue weighted by Crippen LogP contribution is 2.13. The van der Waals surface area contributed by atoms with Gasteiger partial charge in [-0.1, -0.05) is 30.3 Å². The van der Waals surface area contributed by atoms with Gasteiger partial charge in [-0.15, -0.1) is 0 Å². The van der Waals surface area contributed by atoms with Crippen molar-refractivity contribution in [2.75, 3.05) is 13.7 Å². The molecule has 0 aliphatic rings. The SMILES string of the molecule is COC(=O)[C@H](Cc1ccccc1)NCC(F)(F)F. The maximum Gasteiger partial charge on any atom is 0.401 e. The van der Waals surface area contributed by atoms with Crippen LogP contribution in [0.3, 0.4) is 0 Å². The summed E-state index contributed by atoms with van der Waals surface area (Å²) in [7, 11) is 1.15. The smallest absolute Gasteiger partial charge is 0.401 e. The Morgan fingerprint density at radius 3 is 2.44 bits per heavy atom. The van der Waals surface area contributed by atoms with Crippen LogP contribution in [0.1, 0.15) is 5.56 Å². The molecule has 1 rings (SSSR count). The zero-order valence-corrected chi connectivity index (χ0v) is 9.83. The van der Waals surface area contributed by atoms with Gasteiger partial charge in [0.25, 0.3) is 0 Å². The van der Waals surface area contributed by atoms with Gasteiger partial charge in [0, 0.05) is 0 Å². The average Bonchev–Trinajstić information content (AvgIpc) is 2.33. The number of methoxy groups -OCH3 is 1. The van der Waals surface area contributed by atoms with Gasteiger partial charge in [0.15, 0.2) is 0 Å². The van der Waals surface area contributed by atoms with Crippen molar-refractivity contribution in [2.24, 2.45) is 0 Å². The number of halogens is 3. The fraction of sp³-hybridized carbons (Fsp3) is 0.417. The first-order chi connectivity index (χ1) is 8.42. The number of benzene rings is 1. The van der Waals surface area contributed by atoms with Crippen LogP contribution in [-0.4, -0.2) is 31.8 Å². The van der Waals surface area contributed by atoms with E-state index in [0.717, 1.165) is 12.7 Å². The van der Waals surface area contributed by atoms with E-state index in [0.29, 0.717) is 0 Å². The van der Waals surface area contributed by atoms with Crippen molar-refractivity contribution < 1.29 is 22.7 Å². The number of hydrogen-bond donors (Lipinski definition) is 1. The second kappa shape index (κ2) is 6.39. The molecule has 0 aromatic heterocycles. The van der Waals surface area contributed by atoms with Gasteiger partial charge in [-0.2, -0.15) is 13.2 Å². The van der Waals surface area contributed by atoms with Crippen molar-refractivity contribution in [3.8, 4) is 0 Å². The summed E-state index contributed by atoms with van der Waals surface area (Å²) in [6.45, 7) is -1.22. The minimum absolute atomic E-state index is 0.156. The van der Waals surface area contributed by atoms with Crippen LogP contribution >= 0.6 is 0 Å². The Labute approximate surface area is 103 Å². The Kier molecular flexibility index (Phi) is 5.15. The Morgan fingerprint density at radius 1 is 1.33 bits per heavy atom. The third kappa shape index (κ3) is 5.18. The summed E-state index contributed by atoms with van der Waals surface area (Å²) in [6, 6.07) is 7.79.